The Hall–Kier alpha value is -2.22. The molecule has 8 nitrogen and oxygen atoms in total. The smallest absolute Gasteiger partial charge is 0.243 e. The van der Waals surface area contributed by atoms with E-state index in [1.165, 1.54) is 11.1 Å². The third-order valence-corrected chi connectivity index (χ3v) is 2.14. The minimum absolute atomic E-state index is 0.0147. The summed E-state index contributed by atoms with van der Waals surface area (Å²) < 4.78 is 5.11. The van der Waals surface area contributed by atoms with Gasteiger partial charge in [-0.05, 0) is 23.8 Å². The first-order valence-electron chi connectivity index (χ1n) is 5.49. The van der Waals surface area contributed by atoms with Crippen molar-refractivity contribution in [3.05, 3.63) is 18.4 Å². The van der Waals surface area contributed by atoms with Gasteiger partial charge in [0.15, 0.2) is 5.76 Å². The van der Waals surface area contributed by atoms with E-state index < -0.39 is 0 Å². The molecule has 0 aliphatic heterocycles. The molecule has 0 aromatic carbocycles. The number of amides is 1. The van der Waals surface area contributed by atoms with E-state index in [9.17, 15) is 4.79 Å². The van der Waals surface area contributed by atoms with Crippen LogP contribution in [0.4, 0.5) is 0 Å². The normalized spacial score (nSPS) is 10.5. The van der Waals surface area contributed by atoms with Crippen LogP contribution in [0.25, 0.3) is 11.6 Å². The second-order valence-electron chi connectivity index (χ2n) is 3.55. The summed E-state index contributed by atoms with van der Waals surface area (Å²) >= 11 is 0. The highest BCUT2D eigenvalue weighted by molar-refractivity contribution is 5.75. The zero-order chi connectivity index (χ0) is 12.8. The maximum atomic E-state index is 11.4. The summed E-state index contributed by atoms with van der Waals surface area (Å²) in [6, 6.07) is 3.43. The molecule has 0 spiro atoms. The van der Waals surface area contributed by atoms with Crippen LogP contribution in [-0.2, 0) is 11.3 Å². The van der Waals surface area contributed by atoms with Crippen LogP contribution in [0.5, 0.6) is 0 Å². The van der Waals surface area contributed by atoms with Crippen LogP contribution >= 0.6 is 0 Å². The summed E-state index contributed by atoms with van der Waals surface area (Å²) in [4.78, 5) is 12.6. The quantitative estimate of drug-likeness (QED) is 0.666. The summed E-state index contributed by atoms with van der Waals surface area (Å²) in [5, 5.41) is 22.7. The first kappa shape index (κ1) is 12.2. The van der Waals surface area contributed by atoms with Crippen molar-refractivity contribution in [2.24, 2.45) is 0 Å². The second-order valence-corrected chi connectivity index (χ2v) is 3.55. The Morgan fingerprint density at radius 1 is 1.56 bits per heavy atom. The fraction of sp³-hybridized carbons (Fsp3) is 0.400. The van der Waals surface area contributed by atoms with E-state index in [4.69, 9.17) is 9.52 Å². The van der Waals surface area contributed by atoms with Crippen molar-refractivity contribution >= 4 is 5.91 Å². The molecule has 0 saturated carbocycles. The topological polar surface area (TPSA) is 106 Å². The predicted molar refractivity (Wildman–Crippen MR) is 60.2 cm³/mol. The van der Waals surface area contributed by atoms with Crippen LogP contribution in [0.15, 0.2) is 22.8 Å². The van der Waals surface area contributed by atoms with E-state index in [1.54, 1.807) is 12.1 Å². The fourth-order valence-corrected chi connectivity index (χ4v) is 1.31. The molecular weight excluding hydrogens is 238 g/mol. The molecule has 1 amide bonds. The van der Waals surface area contributed by atoms with Crippen LogP contribution in [0.2, 0.25) is 0 Å². The Labute approximate surface area is 103 Å². The molecule has 8 heteroatoms. The molecule has 18 heavy (non-hydrogen) atoms. The molecule has 0 bridgehead atoms. The zero-order valence-electron chi connectivity index (χ0n) is 9.61. The van der Waals surface area contributed by atoms with Crippen molar-refractivity contribution < 1.29 is 14.3 Å². The Morgan fingerprint density at radius 2 is 2.44 bits per heavy atom. The van der Waals surface area contributed by atoms with Crippen LogP contribution in [-0.4, -0.2) is 44.4 Å². The van der Waals surface area contributed by atoms with Crippen molar-refractivity contribution in [2.75, 3.05) is 13.2 Å². The van der Waals surface area contributed by atoms with Gasteiger partial charge in [-0.15, -0.1) is 10.2 Å². The third kappa shape index (κ3) is 3.14. The highest BCUT2D eigenvalue weighted by Gasteiger charge is 2.10. The lowest BCUT2D eigenvalue weighted by Gasteiger charge is -2.01. The Balaban J connectivity index is 1.89. The van der Waals surface area contributed by atoms with Gasteiger partial charge in [0, 0.05) is 13.2 Å². The first-order valence-corrected chi connectivity index (χ1v) is 5.49. The van der Waals surface area contributed by atoms with Crippen LogP contribution in [0, 0.1) is 0 Å². The molecule has 0 aliphatic rings. The van der Waals surface area contributed by atoms with Crippen LogP contribution in [0.1, 0.15) is 6.42 Å². The van der Waals surface area contributed by atoms with E-state index in [2.05, 4.69) is 20.7 Å². The Bertz CT molecular complexity index is 493. The molecule has 96 valence electrons. The first-order chi connectivity index (χ1) is 8.79. The number of aromatic nitrogens is 4. The summed E-state index contributed by atoms with van der Waals surface area (Å²) in [7, 11) is 0. The molecule has 2 aromatic rings. The molecule has 2 heterocycles. The van der Waals surface area contributed by atoms with Gasteiger partial charge >= 0.3 is 0 Å². The van der Waals surface area contributed by atoms with E-state index in [1.807, 2.05) is 0 Å². The molecule has 0 atom stereocenters. The second kappa shape index (κ2) is 5.92. The number of rotatable bonds is 6. The summed E-state index contributed by atoms with van der Waals surface area (Å²) in [5.41, 5.74) is 0. The van der Waals surface area contributed by atoms with Crippen molar-refractivity contribution in [1.29, 1.82) is 0 Å². The number of aliphatic hydroxyl groups excluding tert-OH is 1. The van der Waals surface area contributed by atoms with Crippen molar-refractivity contribution in [2.45, 2.75) is 13.0 Å². The van der Waals surface area contributed by atoms with Gasteiger partial charge in [-0.25, -0.2) is 0 Å². The van der Waals surface area contributed by atoms with E-state index in [-0.39, 0.29) is 19.1 Å². The van der Waals surface area contributed by atoms with E-state index in [0.29, 0.717) is 24.6 Å². The molecule has 0 saturated heterocycles. The molecule has 2 N–H and O–H groups in total. The lowest BCUT2D eigenvalue weighted by Crippen LogP contribution is -2.29. The number of furan rings is 1. The van der Waals surface area contributed by atoms with Crippen LogP contribution < -0.4 is 5.32 Å². The van der Waals surface area contributed by atoms with Crippen molar-refractivity contribution in [3.8, 4) is 11.6 Å². The highest BCUT2D eigenvalue weighted by Crippen LogP contribution is 2.12. The average molecular weight is 251 g/mol. The van der Waals surface area contributed by atoms with Gasteiger partial charge in [0.05, 0.1) is 6.26 Å². The SMILES string of the molecule is O=C(Cn1nnc(-c2ccco2)n1)NCCCO. The summed E-state index contributed by atoms with van der Waals surface area (Å²) in [6.45, 7) is 0.457. The fourth-order valence-electron chi connectivity index (χ4n) is 1.31. The van der Waals surface area contributed by atoms with Gasteiger partial charge in [0.25, 0.3) is 0 Å². The maximum Gasteiger partial charge on any atom is 0.243 e. The van der Waals surface area contributed by atoms with Gasteiger partial charge in [0.2, 0.25) is 11.7 Å². The predicted octanol–water partition coefficient (Wildman–Crippen LogP) is -0.568. The van der Waals surface area contributed by atoms with Gasteiger partial charge in [-0.1, -0.05) is 0 Å². The number of aliphatic hydroxyl groups is 1. The maximum absolute atomic E-state index is 11.4. The Kier molecular flexibility index (Phi) is 4.02. The number of nitrogens with one attached hydrogen (secondary N) is 1. The lowest BCUT2D eigenvalue weighted by molar-refractivity contribution is -0.122. The molecule has 0 unspecified atom stereocenters. The number of hydrogen-bond acceptors (Lipinski definition) is 6. The molecule has 0 fully saturated rings. The number of nitrogens with zero attached hydrogens (tertiary/aromatic N) is 4. The van der Waals surface area contributed by atoms with Crippen molar-refractivity contribution in [3.63, 3.8) is 0 Å². The van der Waals surface area contributed by atoms with Gasteiger partial charge in [-0.3, -0.25) is 4.79 Å². The van der Waals surface area contributed by atoms with Gasteiger partial charge in [-0.2, -0.15) is 4.80 Å². The van der Waals surface area contributed by atoms with Crippen molar-refractivity contribution in [1.82, 2.24) is 25.5 Å². The van der Waals surface area contributed by atoms with Gasteiger partial charge in [0.1, 0.15) is 6.54 Å². The Morgan fingerprint density at radius 3 is 3.17 bits per heavy atom. The molecule has 2 rings (SSSR count). The standard InChI is InChI=1S/C10H13N5O3/c16-5-2-4-11-9(17)7-15-13-10(12-14-15)8-3-1-6-18-8/h1,3,6,16H,2,4-5,7H2,(H,11,17). The number of carbonyl (C=O) groups is 1. The minimum atomic E-state index is -0.230. The van der Waals surface area contributed by atoms with E-state index in [0.717, 1.165) is 0 Å². The molecule has 2 aromatic heterocycles. The minimum Gasteiger partial charge on any atom is -0.461 e. The summed E-state index contributed by atoms with van der Waals surface area (Å²) in [5.74, 6) is 0.608. The summed E-state index contributed by atoms with van der Waals surface area (Å²) in [6.07, 6.45) is 2.03. The lowest BCUT2D eigenvalue weighted by atomic mass is 10.4. The molecule has 0 aliphatic carbocycles. The van der Waals surface area contributed by atoms with Crippen LogP contribution in [0.3, 0.4) is 0 Å². The number of carbonyl (C=O) groups excluding carboxylic acids is 1. The highest BCUT2D eigenvalue weighted by atomic mass is 16.3. The average Bonchev–Trinajstić information content (AvgIpc) is 2.98. The van der Waals surface area contributed by atoms with E-state index >= 15 is 0 Å². The molecular formula is C10H13N5O3. The zero-order valence-corrected chi connectivity index (χ0v) is 9.61. The third-order valence-electron chi connectivity index (χ3n) is 2.14. The monoisotopic (exact) mass is 251 g/mol. The molecule has 0 radical (unpaired) electrons. The number of tetrazole rings is 1. The number of hydrogen-bond donors (Lipinski definition) is 2. The largest absolute Gasteiger partial charge is 0.461 e. The van der Waals surface area contributed by atoms with Gasteiger partial charge < -0.3 is 14.8 Å².